The number of anilines is 3. The van der Waals surface area contributed by atoms with Crippen LogP contribution in [0, 0.1) is 0 Å². The lowest BCUT2D eigenvalue weighted by Crippen LogP contribution is -2.10. The molecule has 0 saturated heterocycles. The van der Waals surface area contributed by atoms with E-state index in [2.05, 4.69) is 191 Å². The third kappa shape index (κ3) is 4.21. The maximum atomic E-state index is 2.38. The average molecular weight is 590 g/mol. The topological polar surface area (TPSA) is 13.1 Å². The van der Waals surface area contributed by atoms with Crippen LogP contribution in [0.15, 0.2) is 170 Å². The summed E-state index contributed by atoms with van der Waals surface area (Å²) in [4.78, 5) is 2.36. The highest BCUT2D eigenvalue weighted by molar-refractivity contribution is 6.09. The van der Waals surface area contributed by atoms with E-state index in [1.165, 1.54) is 60.4 Å². The van der Waals surface area contributed by atoms with Crippen molar-refractivity contribution < 1.29 is 0 Å². The molecule has 0 N–H and O–H groups in total. The van der Waals surface area contributed by atoms with Crippen molar-refractivity contribution in [1.82, 2.24) is 9.13 Å². The minimum absolute atomic E-state index is 1.12. The Bertz CT molecular complexity index is 2460. The smallest absolute Gasteiger partial charge is 0.0748 e. The van der Waals surface area contributed by atoms with Crippen LogP contribution in [0.1, 0.15) is 0 Å². The van der Waals surface area contributed by atoms with Gasteiger partial charge in [0.1, 0.15) is 0 Å². The van der Waals surface area contributed by atoms with Crippen molar-refractivity contribution in [3.63, 3.8) is 0 Å². The first-order valence-electron chi connectivity index (χ1n) is 15.8. The van der Waals surface area contributed by atoms with Crippen molar-refractivity contribution in [3.05, 3.63) is 170 Å². The third-order valence-electron chi connectivity index (χ3n) is 9.27. The van der Waals surface area contributed by atoms with E-state index in [-0.39, 0.29) is 0 Å². The van der Waals surface area contributed by atoms with Crippen molar-refractivity contribution in [2.24, 2.45) is 7.05 Å². The van der Waals surface area contributed by atoms with Gasteiger partial charge in [0.2, 0.25) is 0 Å². The summed E-state index contributed by atoms with van der Waals surface area (Å²) in [6.07, 6.45) is 0. The summed E-state index contributed by atoms with van der Waals surface area (Å²) in [5.41, 5.74) is 10.6. The number of para-hydroxylation sites is 2. The van der Waals surface area contributed by atoms with Gasteiger partial charge in [-0.25, -0.2) is 0 Å². The van der Waals surface area contributed by atoms with Crippen molar-refractivity contribution >= 4 is 60.5 Å². The van der Waals surface area contributed by atoms with Crippen LogP contribution < -0.4 is 4.90 Å². The summed E-state index contributed by atoms with van der Waals surface area (Å²) in [7, 11) is 2.18. The summed E-state index contributed by atoms with van der Waals surface area (Å²) >= 11 is 0. The Morgan fingerprint density at radius 1 is 0.435 bits per heavy atom. The van der Waals surface area contributed by atoms with E-state index >= 15 is 0 Å². The summed E-state index contributed by atoms with van der Waals surface area (Å²) in [6.45, 7) is 0. The van der Waals surface area contributed by atoms with E-state index in [0.29, 0.717) is 0 Å². The van der Waals surface area contributed by atoms with Crippen LogP contribution in [-0.2, 0) is 7.05 Å². The van der Waals surface area contributed by atoms with Gasteiger partial charge < -0.3 is 14.0 Å². The fraction of sp³-hybridized carbons (Fsp3) is 0.0233. The highest BCUT2D eigenvalue weighted by atomic mass is 15.1. The first kappa shape index (κ1) is 26.4. The number of fused-ring (bicyclic) bond motifs is 5. The monoisotopic (exact) mass is 589 g/mol. The second kappa shape index (κ2) is 10.5. The molecule has 0 radical (unpaired) electrons. The van der Waals surface area contributed by atoms with Crippen LogP contribution in [0.25, 0.3) is 60.4 Å². The Labute approximate surface area is 267 Å². The Morgan fingerprint density at radius 3 is 1.63 bits per heavy atom. The van der Waals surface area contributed by atoms with Crippen molar-refractivity contribution in [3.8, 4) is 16.9 Å². The second-order valence-corrected chi connectivity index (χ2v) is 12.0. The summed E-state index contributed by atoms with van der Waals surface area (Å²) in [5, 5.41) is 6.18. The molecule has 9 aromatic rings. The van der Waals surface area contributed by atoms with Crippen LogP contribution >= 0.6 is 0 Å². The molecule has 0 fully saturated rings. The number of hydrogen-bond donors (Lipinski definition) is 0. The molecule has 0 unspecified atom stereocenters. The van der Waals surface area contributed by atoms with Gasteiger partial charge in [-0.2, -0.15) is 0 Å². The summed E-state index contributed by atoms with van der Waals surface area (Å²) in [5.74, 6) is 0. The van der Waals surface area contributed by atoms with Crippen LogP contribution in [0.3, 0.4) is 0 Å². The second-order valence-electron chi connectivity index (χ2n) is 12.0. The van der Waals surface area contributed by atoms with Gasteiger partial charge in [-0.05, 0) is 87.8 Å². The molecule has 7 aromatic carbocycles. The van der Waals surface area contributed by atoms with Gasteiger partial charge in [0.25, 0.3) is 0 Å². The highest BCUT2D eigenvalue weighted by Crippen LogP contribution is 2.40. The van der Waals surface area contributed by atoms with Gasteiger partial charge in [0.15, 0.2) is 0 Å². The Morgan fingerprint density at radius 2 is 0.978 bits per heavy atom. The fourth-order valence-electron chi connectivity index (χ4n) is 7.07. The van der Waals surface area contributed by atoms with Crippen LogP contribution in [-0.4, -0.2) is 9.13 Å². The quantitative estimate of drug-likeness (QED) is 0.195. The van der Waals surface area contributed by atoms with Crippen molar-refractivity contribution in [2.75, 3.05) is 4.90 Å². The standard InChI is InChI=1S/C43H31N3/c1-44-41(29-42-43(44)39-17-9-10-18-40(39)46(42)35-15-3-2-4-16-35)32-21-23-36(24-22-32)45(37-25-19-30-11-5-7-13-33(30)27-37)38-26-20-31-12-6-8-14-34(31)28-38/h2-29H,1H3. The van der Waals surface area contributed by atoms with E-state index in [4.69, 9.17) is 0 Å². The molecule has 3 heteroatoms. The number of nitrogens with zero attached hydrogens (tertiary/aromatic N) is 3. The predicted molar refractivity (Wildman–Crippen MR) is 195 cm³/mol. The molecule has 3 nitrogen and oxygen atoms in total. The maximum absolute atomic E-state index is 2.38. The lowest BCUT2D eigenvalue weighted by atomic mass is 10.1. The minimum Gasteiger partial charge on any atom is -0.342 e. The lowest BCUT2D eigenvalue weighted by molar-refractivity contribution is 0.982. The molecule has 9 rings (SSSR count). The van der Waals surface area contributed by atoms with Gasteiger partial charge in [-0.1, -0.05) is 109 Å². The minimum atomic E-state index is 1.12. The largest absolute Gasteiger partial charge is 0.342 e. The molecule has 2 heterocycles. The fourth-order valence-corrected chi connectivity index (χ4v) is 7.07. The van der Waals surface area contributed by atoms with E-state index in [9.17, 15) is 0 Å². The van der Waals surface area contributed by atoms with Gasteiger partial charge in [0, 0.05) is 35.2 Å². The number of rotatable bonds is 5. The molecule has 0 aliphatic heterocycles. The molecule has 0 saturated carbocycles. The molecule has 46 heavy (non-hydrogen) atoms. The Hall–Kier alpha value is -6.06. The predicted octanol–water partition coefficient (Wildman–Crippen LogP) is 11.6. The van der Waals surface area contributed by atoms with Crippen LogP contribution in [0.5, 0.6) is 0 Å². The molecular formula is C43H31N3. The molecule has 0 aliphatic rings. The van der Waals surface area contributed by atoms with Gasteiger partial charge >= 0.3 is 0 Å². The molecule has 0 spiro atoms. The first-order chi connectivity index (χ1) is 22.7. The van der Waals surface area contributed by atoms with Crippen LogP contribution in [0.2, 0.25) is 0 Å². The molecule has 0 amide bonds. The zero-order valence-corrected chi connectivity index (χ0v) is 25.5. The van der Waals surface area contributed by atoms with Gasteiger partial charge in [-0.15, -0.1) is 0 Å². The van der Waals surface area contributed by atoms with Crippen molar-refractivity contribution in [2.45, 2.75) is 0 Å². The van der Waals surface area contributed by atoms with E-state index < -0.39 is 0 Å². The average Bonchev–Trinajstić information content (AvgIpc) is 3.63. The third-order valence-corrected chi connectivity index (χ3v) is 9.27. The molecule has 0 atom stereocenters. The Balaban J connectivity index is 1.18. The Kier molecular flexibility index (Phi) is 6.04. The number of aromatic nitrogens is 2. The highest BCUT2D eigenvalue weighted by Gasteiger charge is 2.19. The number of aryl methyl sites for hydroxylation is 1. The van der Waals surface area contributed by atoms with E-state index in [0.717, 1.165) is 17.1 Å². The molecular weight excluding hydrogens is 558 g/mol. The maximum Gasteiger partial charge on any atom is 0.0748 e. The van der Waals surface area contributed by atoms with Crippen LogP contribution in [0.4, 0.5) is 17.1 Å². The molecule has 218 valence electrons. The number of benzene rings is 7. The summed E-state index contributed by atoms with van der Waals surface area (Å²) in [6, 6.07) is 61.3. The summed E-state index contributed by atoms with van der Waals surface area (Å²) < 4.78 is 4.72. The first-order valence-corrected chi connectivity index (χ1v) is 15.8. The molecule has 0 bridgehead atoms. The van der Waals surface area contributed by atoms with E-state index in [1.54, 1.807) is 0 Å². The van der Waals surface area contributed by atoms with Crippen molar-refractivity contribution in [1.29, 1.82) is 0 Å². The van der Waals surface area contributed by atoms with E-state index in [1.807, 2.05) is 0 Å². The lowest BCUT2D eigenvalue weighted by Gasteiger charge is -2.26. The zero-order valence-electron chi connectivity index (χ0n) is 25.5. The normalized spacial score (nSPS) is 11.6. The number of hydrogen-bond acceptors (Lipinski definition) is 1. The molecule has 2 aromatic heterocycles. The SMILES string of the molecule is Cn1c(-c2ccc(N(c3ccc4ccccc4c3)c3ccc4ccccc4c3)cc2)cc2c1c1ccccc1n2-c1ccccc1. The van der Waals surface area contributed by atoms with Gasteiger partial charge in [-0.3, -0.25) is 0 Å². The molecule has 0 aliphatic carbocycles. The zero-order chi connectivity index (χ0) is 30.6. The van der Waals surface area contributed by atoms with Gasteiger partial charge in [0.05, 0.1) is 22.2 Å².